The monoisotopic (exact) mass is 461 g/mol. The fourth-order valence-electron chi connectivity index (χ4n) is 4.43. The fourth-order valence-corrected chi connectivity index (χ4v) is 4.43. The summed E-state index contributed by atoms with van der Waals surface area (Å²) in [5, 5.41) is 12.0. The number of benzene rings is 1. The minimum atomic E-state index is -0.338. The van der Waals surface area contributed by atoms with E-state index in [2.05, 4.69) is 18.7 Å². The molecule has 8 nitrogen and oxygen atoms in total. The molecular formula is C25H39N3O5. The van der Waals surface area contributed by atoms with E-state index in [1.54, 1.807) is 6.07 Å². The lowest BCUT2D eigenvalue weighted by Gasteiger charge is -2.40. The van der Waals surface area contributed by atoms with E-state index in [9.17, 15) is 19.7 Å². The van der Waals surface area contributed by atoms with E-state index >= 15 is 0 Å². The van der Waals surface area contributed by atoms with Crippen molar-refractivity contribution < 1.29 is 19.2 Å². The van der Waals surface area contributed by atoms with E-state index in [1.807, 2.05) is 37.8 Å². The Bertz CT molecular complexity index is 831. The Hall–Kier alpha value is -2.64. The molecule has 0 saturated carbocycles. The highest BCUT2D eigenvalue weighted by Crippen LogP contribution is 2.36. The Morgan fingerprint density at radius 2 is 1.76 bits per heavy atom. The molecule has 0 bridgehead atoms. The first-order valence-electron chi connectivity index (χ1n) is 11.9. The van der Waals surface area contributed by atoms with Crippen molar-refractivity contribution in [2.75, 3.05) is 31.6 Å². The summed E-state index contributed by atoms with van der Waals surface area (Å²) in [5.74, 6) is 0.320. The van der Waals surface area contributed by atoms with Crippen molar-refractivity contribution >= 4 is 23.3 Å². The highest BCUT2D eigenvalue weighted by molar-refractivity contribution is 5.76. The lowest BCUT2D eigenvalue weighted by molar-refractivity contribution is -0.384. The molecule has 1 unspecified atom stereocenters. The predicted molar refractivity (Wildman–Crippen MR) is 129 cm³/mol. The Balaban J connectivity index is 2.27. The maximum Gasteiger partial charge on any atom is 0.306 e. The van der Waals surface area contributed by atoms with Gasteiger partial charge in [0.2, 0.25) is 5.91 Å². The summed E-state index contributed by atoms with van der Waals surface area (Å²) < 4.78 is 4.74. The van der Waals surface area contributed by atoms with Gasteiger partial charge in [0, 0.05) is 38.2 Å². The Kier molecular flexibility index (Phi) is 9.68. The van der Waals surface area contributed by atoms with Crippen molar-refractivity contribution in [2.24, 2.45) is 11.8 Å². The molecule has 2 rings (SSSR count). The van der Waals surface area contributed by atoms with Crippen LogP contribution in [0.4, 0.5) is 11.4 Å². The largest absolute Gasteiger partial charge is 0.469 e. The van der Waals surface area contributed by atoms with Crippen molar-refractivity contribution in [1.82, 2.24) is 4.90 Å². The van der Waals surface area contributed by atoms with Gasteiger partial charge in [-0.2, -0.15) is 0 Å². The second-order valence-corrected chi connectivity index (χ2v) is 9.94. The Labute approximate surface area is 197 Å². The van der Waals surface area contributed by atoms with Crippen molar-refractivity contribution in [2.45, 2.75) is 72.3 Å². The minimum Gasteiger partial charge on any atom is -0.469 e. The predicted octanol–water partition coefficient (Wildman–Crippen LogP) is 4.76. The molecule has 1 aliphatic heterocycles. The maximum atomic E-state index is 12.5. The number of esters is 1. The quantitative estimate of drug-likeness (QED) is 0.283. The lowest BCUT2D eigenvalue weighted by atomic mass is 9.95. The number of carbonyl (C=O) groups excluding carboxylic acids is 2. The molecule has 0 aromatic heterocycles. The van der Waals surface area contributed by atoms with Crippen molar-refractivity contribution in [3.05, 3.63) is 33.9 Å². The van der Waals surface area contributed by atoms with E-state index in [0.29, 0.717) is 43.6 Å². The number of piperidine rings is 1. The first kappa shape index (κ1) is 26.6. The number of hydrogen-bond donors (Lipinski definition) is 0. The number of anilines is 1. The normalized spacial score (nSPS) is 15.6. The van der Waals surface area contributed by atoms with Crippen LogP contribution in [0.15, 0.2) is 18.2 Å². The first-order valence-corrected chi connectivity index (χ1v) is 11.9. The van der Waals surface area contributed by atoms with Crippen LogP contribution in [0.5, 0.6) is 0 Å². The number of nitrogens with zero attached hydrogens (tertiary/aromatic N) is 3. The summed E-state index contributed by atoms with van der Waals surface area (Å²) >= 11 is 0. The molecule has 0 spiro atoms. The highest BCUT2D eigenvalue weighted by atomic mass is 16.6. The number of ether oxygens (including phenoxy) is 1. The van der Waals surface area contributed by atoms with Crippen LogP contribution in [0.25, 0.3) is 0 Å². The van der Waals surface area contributed by atoms with Gasteiger partial charge in [-0.05, 0) is 42.2 Å². The highest BCUT2D eigenvalue weighted by Gasteiger charge is 2.31. The number of methoxy groups -OCH3 is 1. The number of rotatable bonds is 10. The number of amides is 1. The van der Waals surface area contributed by atoms with E-state index < -0.39 is 0 Å². The average molecular weight is 462 g/mol. The zero-order valence-electron chi connectivity index (χ0n) is 20.9. The Morgan fingerprint density at radius 3 is 2.27 bits per heavy atom. The molecular weight excluding hydrogens is 422 g/mol. The number of nitro groups is 1. The van der Waals surface area contributed by atoms with Crippen LogP contribution in [0, 0.1) is 22.0 Å². The third-order valence-corrected chi connectivity index (χ3v) is 6.18. The minimum absolute atomic E-state index is 0.0585. The molecule has 1 atom stereocenters. The lowest BCUT2D eigenvalue weighted by Crippen LogP contribution is -2.48. The Morgan fingerprint density at radius 1 is 1.12 bits per heavy atom. The van der Waals surface area contributed by atoms with Gasteiger partial charge in [0.15, 0.2) is 0 Å². The van der Waals surface area contributed by atoms with Crippen molar-refractivity contribution in [3.8, 4) is 0 Å². The summed E-state index contributed by atoms with van der Waals surface area (Å²) in [4.78, 5) is 39.9. The molecule has 1 aromatic carbocycles. The molecule has 33 heavy (non-hydrogen) atoms. The summed E-state index contributed by atoms with van der Waals surface area (Å²) in [5.41, 5.74) is 1.41. The average Bonchev–Trinajstić information content (AvgIpc) is 2.76. The van der Waals surface area contributed by atoms with E-state index in [-0.39, 0.29) is 40.9 Å². The molecule has 1 saturated heterocycles. The summed E-state index contributed by atoms with van der Waals surface area (Å²) in [7, 11) is 1.34. The van der Waals surface area contributed by atoms with Gasteiger partial charge in [0.1, 0.15) is 5.69 Å². The summed E-state index contributed by atoms with van der Waals surface area (Å²) in [6, 6.07) is 5.43. The van der Waals surface area contributed by atoms with Gasteiger partial charge in [-0.25, -0.2) is 0 Å². The number of nitro benzene ring substituents is 1. The number of carbonyl (C=O) groups is 2. The third-order valence-electron chi connectivity index (χ3n) is 6.18. The molecule has 184 valence electrons. The molecule has 0 N–H and O–H groups in total. The van der Waals surface area contributed by atoms with Gasteiger partial charge in [-0.15, -0.1) is 0 Å². The standard InChI is InChI=1S/C25H39N3O5/c1-17(2)13-24(29)26-11-9-21(10-12-26)27(16-18(3)4)22-8-7-20(15-23(22)28(31)32)19(5)14-25(30)33-6/h7-8,15,17-19,21H,9-14,16H2,1-6H3. The SMILES string of the molecule is COC(=O)CC(C)c1ccc(N(CC(C)C)C2CCN(C(=O)CC(C)C)CC2)c([N+](=O)[O-])c1. The molecule has 1 aliphatic rings. The van der Waals surface area contributed by atoms with Crippen LogP contribution < -0.4 is 4.90 Å². The van der Waals surface area contributed by atoms with Crippen molar-refractivity contribution in [1.29, 1.82) is 0 Å². The zero-order chi connectivity index (χ0) is 24.7. The summed E-state index contributed by atoms with van der Waals surface area (Å²) in [6.07, 6.45) is 2.30. The van der Waals surface area contributed by atoms with Gasteiger partial charge in [-0.3, -0.25) is 19.7 Å². The maximum absolute atomic E-state index is 12.5. The number of likely N-dealkylation sites (tertiary alicyclic amines) is 1. The van der Waals surface area contributed by atoms with Gasteiger partial charge in [-0.1, -0.05) is 40.7 Å². The van der Waals surface area contributed by atoms with E-state index in [0.717, 1.165) is 18.4 Å². The smallest absolute Gasteiger partial charge is 0.306 e. The van der Waals surface area contributed by atoms with Crippen LogP contribution in [-0.4, -0.2) is 54.5 Å². The van der Waals surface area contributed by atoms with E-state index in [1.165, 1.54) is 7.11 Å². The molecule has 0 radical (unpaired) electrons. The van der Waals surface area contributed by atoms with Crippen LogP contribution in [0.3, 0.4) is 0 Å². The second kappa shape index (κ2) is 12.0. The molecule has 1 aromatic rings. The molecule has 8 heteroatoms. The van der Waals surface area contributed by atoms with E-state index in [4.69, 9.17) is 4.74 Å². The topological polar surface area (TPSA) is 93.0 Å². The van der Waals surface area contributed by atoms with Gasteiger partial charge >= 0.3 is 5.97 Å². The van der Waals surface area contributed by atoms with Crippen LogP contribution in [-0.2, 0) is 14.3 Å². The van der Waals surface area contributed by atoms with Crippen LogP contribution in [0.1, 0.15) is 71.8 Å². The van der Waals surface area contributed by atoms with Crippen molar-refractivity contribution in [3.63, 3.8) is 0 Å². The van der Waals surface area contributed by atoms with Crippen LogP contribution in [0.2, 0.25) is 0 Å². The van der Waals surface area contributed by atoms with Crippen LogP contribution >= 0.6 is 0 Å². The molecule has 1 heterocycles. The second-order valence-electron chi connectivity index (χ2n) is 9.94. The zero-order valence-corrected chi connectivity index (χ0v) is 20.9. The summed E-state index contributed by atoms with van der Waals surface area (Å²) in [6.45, 7) is 12.2. The third kappa shape index (κ3) is 7.44. The first-order chi connectivity index (χ1) is 15.5. The molecule has 1 fully saturated rings. The molecule has 1 amide bonds. The van der Waals surface area contributed by atoms with Gasteiger partial charge in [0.25, 0.3) is 5.69 Å². The van der Waals surface area contributed by atoms with Gasteiger partial charge < -0.3 is 14.5 Å². The van der Waals surface area contributed by atoms with Gasteiger partial charge in [0.05, 0.1) is 18.5 Å². The fraction of sp³-hybridized carbons (Fsp3) is 0.680. The molecule has 0 aliphatic carbocycles. The number of hydrogen-bond acceptors (Lipinski definition) is 6.